The van der Waals surface area contributed by atoms with Gasteiger partial charge in [-0.1, -0.05) is 18.2 Å². The molecule has 0 amide bonds. The predicted molar refractivity (Wildman–Crippen MR) is 82.6 cm³/mol. The third kappa shape index (κ3) is 3.60. The smallest absolute Gasteiger partial charge is 0.123 e. The van der Waals surface area contributed by atoms with Crippen molar-refractivity contribution in [1.29, 1.82) is 0 Å². The maximum Gasteiger partial charge on any atom is 0.123 e. The van der Waals surface area contributed by atoms with Crippen LogP contribution in [0, 0.1) is 19.7 Å². The van der Waals surface area contributed by atoms with Crippen molar-refractivity contribution in [3.63, 3.8) is 0 Å². The zero-order valence-electron chi connectivity index (χ0n) is 12.6. The highest BCUT2D eigenvalue weighted by molar-refractivity contribution is 5.39. The highest BCUT2D eigenvalue weighted by atomic mass is 19.1. The average Bonchev–Trinajstić information content (AvgIpc) is 2.47. The number of nitrogens with two attached hydrogens (primary N) is 1. The second-order valence-corrected chi connectivity index (χ2v) is 5.22. The molecule has 0 saturated carbocycles. The van der Waals surface area contributed by atoms with Crippen LogP contribution < -0.4 is 16.0 Å². The van der Waals surface area contributed by atoms with Gasteiger partial charge in [0, 0.05) is 0 Å². The summed E-state index contributed by atoms with van der Waals surface area (Å²) in [5.74, 6) is 6.32. The number of benzene rings is 2. The van der Waals surface area contributed by atoms with Gasteiger partial charge in [0.2, 0.25) is 0 Å². The molecule has 1 atom stereocenters. The van der Waals surface area contributed by atoms with Crippen molar-refractivity contribution < 1.29 is 9.13 Å². The van der Waals surface area contributed by atoms with Gasteiger partial charge in [-0.15, -0.1) is 0 Å². The second kappa shape index (κ2) is 6.70. The molecule has 0 radical (unpaired) electrons. The highest BCUT2D eigenvalue weighted by Gasteiger charge is 2.14. The summed E-state index contributed by atoms with van der Waals surface area (Å²) in [4.78, 5) is 0. The lowest BCUT2D eigenvalue weighted by Crippen LogP contribution is -2.29. The summed E-state index contributed by atoms with van der Waals surface area (Å²) in [6.45, 7) is 3.90. The van der Waals surface area contributed by atoms with Gasteiger partial charge in [-0.25, -0.2) is 4.39 Å². The van der Waals surface area contributed by atoms with Crippen LogP contribution in [-0.4, -0.2) is 7.11 Å². The van der Waals surface area contributed by atoms with Crippen LogP contribution in [0.1, 0.15) is 28.3 Å². The third-order valence-electron chi connectivity index (χ3n) is 3.76. The Morgan fingerprint density at radius 1 is 1.14 bits per heavy atom. The summed E-state index contributed by atoms with van der Waals surface area (Å²) in [5, 5.41) is 0. The van der Waals surface area contributed by atoms with E-state index in [2.05, 4.69) is 5.43 Å². The van der Waals surface area contributed by atoms with Gasteiger partial charge in [0.1, 0.15) is 11.6 Å². The van der Waals surface area contributed by atoms with Crippen molar-refractivity contribution in [1.82, 2.24) is 5.43 Å². The van der Waals surface area contributed by atoms with E-state index in [1.165, 1.54) is 6.07 Å². The largest absolute Gasteiger partial charge is 0.496 e. The van der Waals surface area contributed by atoms with Gasteiger partial charge in [0.25, 0.3) is 0 Å². The Morgan fingerprint density at radius 3 is 2.52 bits per heavy atom. The number of methoxy groups -OCH3 is 1. The first kappa shape index (κ1) is 15.5. The summed E-state index contributed by atoms with van der Waals surface area (Å²) in [7, 11) is 1.65. The molecule has 2 aromatic rings. The quantitative estimate of drug-likeness (QED) is 0.656. The molecule has 3 N–H and O–H groups in total. The van der Waals surface area contributed by atoms with Gasteiger partial charge in [0.05, 0.1) is 13.2 Å². The molecular formula is C17H21FN2O. The number of hydrogen-bond donors (Lipinski definition) is 2. The van der Waals surface area contributed by atoms with Crippen LogP contribution in [0.25, 0.3) is 0 Å². The fraction of sp³-hybridized carbons (Fsp3) is 0.294. The molecule has 0 bridgehead atoms. The summed E-state index contributed by atoms with van der Waals surface area (Å²) < 4.78 is 18.5. The Hall–Kier alpha value is -1.91. The molecule has 2 rings (SSSR count). The van der Waals surface area contributed by atoms with Gasteiger partial charge in [-0.3, -0.25) is 11.3 Å². The Kier molecular flexibility index (Phi) is 4.94. The Bertz CT molecular complexity index is 628. The fourth-order valence-electron chi connectivity index (χ4n) is 2.43. The first-order valence-electron chi connectivity index (χ1n) is 6.91. The average molecular weight is 288 g/mol. The van der Waals surface area contributed by atoms with Crippen LogP contribution in [0.2, 0.25) is 0 Å². The molecule has 0 aliphatic carbocycles. The summed E-state index contributed by atoms with van der Waals surface area (Å²) in [5.41, 5.74) is 6.95. The maximum atomic E-state index is 13.2. The molecule has 0 saturated heterocycles. The topological polar surface area (TPSA) is 47.3 Å². The van der Waals surface area contributed by atoms with Gasteiger partial charge in [-0.2, -0.15) is 0 Å². The van der Waals surface area contributed by atoms with E-state index in [0.29, 0.717) is 6.42 Å². The number of halogens is 1. The van der Waals surface area contributed by atoms with Crippen LogP contribution in [-0.2, 0) is 6.42 Å². The van der Waals surface area contributed by atoms with Crippen molar-refractivity contribution in [2.75, 3.05) is 7.11 Å². The monoisotopic (exact) mass is 288 g/mol. The Labute approximate surface area is 124 Å². The van der Waals surface area contributed by atoms with E-state index >= 15 is 0 Å². The van der Waals surface area contributed by atoms with Crippen molar-refractivity contribution in [3.8, 4) is 5.75 Å². The Morgan fingerprint density at radius 2 is 1.90 bits per heavy atom. The highest BCUT2D eigenvalue weighted by Crippen LogP contribution is 2.26. The molecule has 0 aliphatic heterocycles. The number of rotatable bonds is 5. The lowest BCUT2D eigenvalue weighted by Gasteiger charge is -2.19. The maximum absolute atomic E-state index is 13.2. The first-order chi connectivity index (χ1) is 10.0. The molecule has 0 aliphatic rings. The van der Waals surface area contributed by atoms with E-state index in [9.17, 15) is 4.39 Å². The molecule has 0 fully saturated rings. The normalized spacial score (nSPS) is 12.2. The van der Waals surface area contributed by atoms with E-state index in [4.69, 9.17) is 10.6 Å². The molecule has 4 heteroatoms. The van der Waals surface area contributed by atoms with Crippen molar-refractivity contribution in [2.24, 2.45) is 5.84 Å². The summed E-state index contributed by atoms with van der Waals surface area (Å²) in [6, 6.07) is 10.8. The minimum absolute atomic E-state index is 0.0522. The van der Waals surface area contributed by atoms with Gasteiger partial charge < -0.3 is 4.74 Å². The second-order valence-electron chi connectivity index (χ2n) is 5.22. The lowest BCUT2D eigenvalue weighted by atomic mass is 9.95. The Balaban J connectivity index is 2.27. The standard InChI is InChI=1S/C17H21FN2O/c1-11-4-5-14(10-17(11)21-3)16(20-19)9-13-6-7-15(18)8-12(13)2/h4-8,10,16,20H,9,19H2,1-3H3. The molecule has 1 unspecified atom stereocenters. The molecule has 3 nitrogen and oxygen atoms in total. The zero-order valence-corrected chi connectivity index (χ0v) is 12.6. The van der Waals surface area contributed by atoms with E-state index in [1.54, 1.807) is 19.2 Å². The third-order valence-corrected chi connectivity index (χ3v) is 3.76. The van der Waals surface area contributed by atoms with E-state index in [-0.39, 0.29) is 11.9 Å². The number of hydrogen-bond acceptors (Lipinski definition) is 3. The number of aryl methyl sites for hydroxylation is 2. The lowest BCUT2D eigenvalue weighted by molar-refractivity contribution is 0.410. The van der Waals surface area contributed by atoms with E-state index in [0.717, 1.165) is 28.0 Å². The van der Waals surface area contributed by atoms with Gasteiger partial charge in [-0.05, 0) is 60.7 Å². The van der Waals surface area contributed by atoms with Crippen molar-refractivity contribution in [3.05, 3.63) is 64.5 Å². The minimum Gasteiger partial charge on any atom is -0.496 e. The molecule has 2 aromatic carbocycles. The van der Waals surface area contributed by atoms with Crippen LogP contribution in [0.5, 0.6) is 5.75 Å². The molecule has 0 spiro atoms. The summed E-state index contributed by atoms with van der Waals surface area (Å²) >= 11 is 0. The summed E-state index contributed by atoms with van der Waals surface area (Å²) in [6.07, 6.45) is 0.689. The zero-order chi connectivity index (χ0) is 15.4. The molecule has 0 heterocycles. The molecule has 21 heavy (non-hydrogen) atoms. The van der Waals surface area contributed by atoms with Gasteiger partial charge >= 0.3 is 0 Å². The number of nitrogens with one attached hydrogen (secondary N) is 1. The van der Waals surface area contributed by atoms with Crippen molar-refractivity contribution in [2.45, 2.75) is 26.3 Å². The van der Waals surface area contributed by atoms with Crippen LogP contribution in [0.4, 0.5) is 4.39 Å². The SMILES string of the molecule is COc1cc(C(Cc2ccc(F)cc2C)NN)ccc1C. The van der Waals surface area contributed by atoms with Gasteiger partial charge in [0.15, 0.2) is 0 Å². The van der Waals surface area contributed by atoms with E-state index in [1.807, 2.05) is 32.0 Å². The van der Waals surface area contributed by atoms with Crippen LogP contribution in [0.15, 0.2) is 36.4 Å². The number of hydrazine groups is 1. The molecular weight excluding hydrogens is 267 g/mol. The molecule has 112 valence electrons. The fourth-order valence-corrected chi connectivity index (χ4v) is 2.43. The first-order valence-corrected chi connectivity index (χ1v) is 6.91. The van der Waals surface area contributed by atoms with Crippen molar-refractivity contribution >= 4 is 0 Å². The minimum atomic E-state index is -0.217. The van der Waals surface area contributed by atoms with Crippen LogP contribution in [0.3, 0.4) is 0 Å². The predicted octanol–water partition coefficient (Wildman–Crippen LogP) is 3.20. The van der Waals surface area contributed by atoms with E-state index < -0.39 is 0 Å². The van der Waals surface area contributed by atoms with Crippen LogP contribution >= 0.6 is 0 Å². The number of ether oxygens (including phenoxy) is 1. The molecule has 0 aromatic heterocycles.